The van der Waals surface area contributed by atoms with Gasteiger partial charge in [0.15, 0.2) is 5.82 Å². The fourth-order valence-electron chi connectivity index (χ4n) is 4.75. The molecule has 2 fully saturated rings. The van der Waals surface area contributed by atoms with Gasteiger partial charge >= 0.3 is 0 Å². The predicted octanol–water partition coefficient (Wildman–Crippen LogP) is 3.95. The second-order valence-corrected chi connectivity index (χ2v) is 8.75. The van der Waals surface area contributed by atoms with Crippen molar-refractivity contribution in [3.63, 3.8) is 0 Å². The quantitative estimate of drug-likeness (QED) is 0.728. The second kappa shape index (κ2) is 8.66. The molecule has 1 saturated carbocycles. The lowest BCUT2D eigenvalue weighted by Crippen LogP contribution is -2.50. The Labute approximate surface area is 181 Å². The van der Waals surface area contributed by atoms with Crippen molar-refractivity contribution < 1.29 is 4.79 Å². The third kappa shape index (κ3) is 4.03. The molecule has 1 aromatic carbocycles. The number of amides is 1. The standard InChI is InChI=1S/C22H27ClN6O/c1-14(28-10-3-11-28)17-4-2-5-20(18(17)12-24)29-13-19(21(25)30)22(27-29)26-16-8-6-15(23)7-9-16/h6-9,13-14,17-18,20H,2-5,10-11H2,1H3,(H2,25,30)(H,26,27)/t14?,17?,18-,20-/m0/s1. The first-order valence-electron chi connectivity index (χ1n) is 10.5. The van der Waals surface area contributed by atoms with Crippen LogP contribution in [0.15, 0.2) is 30.5 Å². The van der Waals surface area contributed by atoms with Crippen LogP contribution in [-0.2, 0) is 0 Å². The average molecular weight is 427 g/mol. The smallest absolute Gasteiger partial charge is 0.254 e. The minimum Gasteiger partial charge on any atom is -0.365 e. The van der Waals surface area contributed by atoms with Gasteiger partial charge in [0, 0.05) is 22.9 Å². The van der Waals surface area contributed by atoms with Gasteiger partial charge in [0.25, 0.3) is 5.91 Å². The SMILES string of the molecule is CC(C1CCC[C@H](n2cc(C(N)=O)c(Nc3ccc(Cl)cc3)n2)[C@H]1C#N)N1CCC1. The molecule has 0 spiro atoms. The van der Waals surface area contributed by atoms with Gasteiger partial charge < -0.3 is 16.0 Å². The number of hydrogen-bond acceptors (Lipinski definition) is 5. The number of carbonyl (C=O) groups is 1. The Morgan fingerprint density at radius 2 is 2.03 bits per heavy atom. The van der Waals surface area contributed by atoms with Crippen molar-refractivity contribution >= 4 is 29.0 Å². The number of carbonyl (C=O) groups excluding carboxylic acids is 1. The van der Waals surface area contributed by atoms with E-state index in [2.05, 4.69) is 28.3 Å². The Hall–Kier alpha value is -2.56. The second-order valence-electron chi connectivity index (χ2n) is 8.31. The molecule has 2 aliphatic rings. The van der Waals surface area contributed by atoms with Gasteiger partial charge in [-0.1, -0.05) is 18.0 Å². The van der Waals surface area contributed by atoms with Crippen molar-refractivity contribution in [2.24, 2.45) is 17.6 Å². The van der Waals surface area contributed by atoms with Gasteiger partial charge in [-0.3, -0.25) is 9.48 Å². The molecule has 4 rings (SSSR count). The lowest BCUT2D eigenvalue weighted by Gasteiger charge is -2.45. The van der Waals surface area contributed by atoms with E-state index in [1.165, 1.54) is 6.42 Å². The zero-order chi connectivity index (χ0) is 21.3. The number of primary amides is 1. The van der Waals surface area contributed by atoms with Crippen LogP contribution in [0.2, 0.25) is 5.02 Å². The number of nitrogens with two attached hydrogens (primary N) is 1. The molecule has 3 N–H and O–H groups in total. The number of nitriles is 1. The van der Waals surface area contributed by atoms with Crippen molar-refractivity contribution in [3.05, 3.63) is 41.0 Å². The highest BCUT2D eigenvalue weighted by Crippen LogP contribution is 2.41. The van der Waals surface area contributed by atoms with E-state index >= 15 is 0 Å². The van der Waals surface area contributed by atoms with E-state index < -0.39 is 5.91 Å². The first-order chi connectivity index (χ1) is 14.5. The molecule has 1 aromatic heterocycles. The van der Waals surface area contributed by atoms with Crippen LogP contribution in [-0.4, -0.2) is 39.7 Å². The Balaban J connectivity index is 1.61. The summed E-state index contributed by atoms with van der Waals surface area (Å²) in [6.45, 7) is 4.47. The molecule has 1 amide bonds. The minimum absolute atomic E-state index is 0.0728. The largest absolute Gasteiger partial charge is 0.365 e. The summed E-state index contributed by atoms with van der Waals surface area (Å²) in [7, 11) is 0. The molecule has 1 saturated heterocycles. The number of rotatable bonds is 6. The van der Waals surface area contributed by atoms with Gasteiger partial charge in [-0.25, -0.2) is 0 Å². The number of hydrogen-bond donors (Lipinski definition) is 2. The number of anilines is 2. The van der Waals surface area contributed by atoms with Gasteiger partial charge in [-0.2, -0.15) is 10.4 Å². The summed E-state index contributed by atoms with van der Waals surface area (Å²) >= 11 is 5.95. The lowest BCUT2D eigenvalue weighted by atomic mass is 9.72. The van der Waals surface area contributed by atoms with Crippen LogP contribution in [0.5, 0.6) is 0 Å². The summed E-state index contributed by atoms with van der Waals surface area (Å²) in [5, 5.41) is 18.5. The fourth-order valence-corrected chi connectivity index (χ4v) is 4.88. The molecule has 7 nitrogen and oxygen atoms in total. The fraction of sp³-hybridized carbons (Fsp3) is 0.500. The zero-order valence-electron chi connectivity index (χ0n) is 17.1. The predicted molar refractivity (Wildman–Crippen MR) is 117 cm³/mol. The molecule has 8 heteroatoms. The van der Waals surface area contributed by atoms with Crippen LogP contribution < -0.4 is 11.1 Å². The monoisotopic (exact) mass is 426 g/mol. The van der Waals surface area contributed by atoms with Gasteiger partial charge in [0.05, 0.1) is 18.0 Å². The van der Waals surface area contributed by atoms with Gasteiger partial charge in [-0.15, -0.1) is 0 Å². The maximum Gasteiger partial charge on any atom is 0.254 e. The van der Waals surface area contributed by atoms with Crippen LogP contribution >= 0.6 is 11.6 Å². The molecule has 4 atom stereocenters. The maximum atomic E-state index is 12.1. The zero-order valence-corrected chi connectivity index (χ0v) is 17.8. The van der Waals surface area contributed by atoms with Gasteiger partial charge in [0.2, 0.25) is 0 Å². The van der Waals surface area contributed by atoms with Gasteiger partial charge in [-0.05, 0) is 69.5 Å². The first-order valence-corrected chi connectivity index (χ1v) is 10.9. The molecule has 1 aliphatic heterocycles. The van der Waals surface area contributed by atoms with Crippen molar-refractivity contribution in [2.75, 3.05) is 18.4 Å². The van der Waals surface area contributed by atoms with E-state index in [1.54, 1.807) is 23.0 Å². The topological polar surface area (TPSA) is 100.0 Å². The number of likely N-dealkylation sites (tertiary alicyclic amines) is 1. The van der Waals surface area contributed by atoms with Crippen LogP contribution in [0.25, 0.3) is 0 Å². The number of aromatic nitrogens is 2. The molecule has 0 bridgehead atoms. The normalized spacial score (nSPS) is 25.2. The highest BCUT2D eigenvalue weighted by molar-refractivity contribution is 6.30. The van der Waals surface area contributed by atoms with E-state index in [1.807, 2.05) is 12.1 Å². The van der Waals surface area contributed by atoms with E-state index in [-0.39, 0.29) is 12.0 Å². The molecule has 2 unspecified atom stereocenters. The van der Waals surface area contributed by atoms with Gasteiger partial charge in [0.1, 0.15) is 5.56 Å². The summed E-state index contributed by atoms with van der Waals surface area (Å²) in [6.07, 6.45) is 5.87. The third-order valence-corrected chi connectivity index (χ3v) is 6.84. The van der Waals surface area contributed by atoms with Crippen molar-refractivity contribution in [1.82, 2.24) is 14.7 Å². The Kier molecular flexibility index (Phi) is 5.98. The molecule has 30 heavy (non-hydrogen) atoms. The molecule has 2 aromatic rings. The number of nitrogens with one attached hydrogen (secondary N) is 1. The van der Waals surface area contributed by atoms with Crippen LogP contribution in [0.4, 0.5) is 11.5 Å². The molecular formula is C22H27ClN6O. The molecule has 0 radical (unpaired) electrons. The van der Waals surface area contributed by atoms with Crippen LogP contribution in [0.1, 0.15) is 49.0 Å². The number of benzene rings is 1. The van der Waals surface area contributed by atoms with E-state index in [0.29, 0.717) is 28.4 Å². The summed E-state index contributed by atoms with van der Waals surface area (Å²) in [5.74, 6) is -0.00624. The summed E-state index contributed by atoms with van der Waals surface area (Å²) in [6, 6.07) is 10.0. The third-order valence-electron chi connectivity index (χ3n) is 6.59. The van der Waals surface area contributed by atoms with E-state index in [0.717, 1.165) is 38.0 Å². The lowest BCUT2D eigenvalue weighted by molar-refractivity contribution is 0.0430. The number of nitrogens with zero attached hydrogens (tertiary/aromatic N) is 4. The molecule has 2 heterocycles. The Morgan fingerprint density at radius 1 is 1.30 bits per heavy atom. The minimum atomic E-state index is -0.549. The summed E-state index contributed by atoms with van der Waals surface area (Å²) in [4.78, 5) is 14.5. The Morgan fingerprint density at radius 3 is 2.63 bits per heavy atom. The van der Waals surface area contributed by atoms with E-state index in [9.17, 15) is 10.1 Å². The maximum absolute atomic E-state index is 12.1. The van der Waals surface area contributed by atoms with Crippen LogP contribution in [0, 0.1) is 23.2 Å². The van der Waals surface area contributed by atoms with Crippen molar-refractivity contribution in [3.8, 4) is 6.07 Å². The summed E-state index contributed by atoms with van der Waals surface area (Å²) in [5.41, 5.74) is 6.70. The highest BCUT2D eigenvalue weighted by Gasteiger charge is 2.40. The Bertz CT molecular complexity index is 946. The van der Waals surface area contributed by atoms with E-state index in [4.69, 9.17) is 17.3 Å². The van der Waals surface area contributed by atoms with Crippen LogP contribution in [0.3, 0.4) is 0 Å². The first kappa shape index (κ1) is 20.7. The van der Waals surface area contributed by atoms with Crippen molar-refractivity contribution in [2.45, 2.75) is 44.7 Å². The number of halogens is 1. The summed E-state index contributed by atoms with van der Waals surface area (Å²) < 4.78 is 1.78. The highest BCUT2D eigenvalue weighted by atomic mass is 35.5. The molecule has 1 aliphatic carbocycles. The average Bonchev–Trinajstić information content (AvgIpc) is 3.11. The molecular weight excluding hydrogens is 400 g/mol. The molecule has 158 valence electrons. The van der Waals surface area contributed by atoms with Crippen molar-refractivity contribution in [1.29, 1.82) is 5.26 Å².